The van der Waals surface area contributed by atoms with E-state index in [1.807, 2.05) is 0 Å². The van der Waals surface area contributed by atoms with E-state index in [0.717, 1.165) is 13.1 Å². The summed E-state index contributed by atoms with van der Waals surface area (Å²) >= 11 is 11.2. The van der Waals surface area contributed by atoms with Crippen LogP contribution in [0.15, 0.2) is 10.6 Å². The van der Waals surface area contributed by atoms with E-state index in [1.54, 1.807) is 0 Å². The minimum Gasteiger partial charge on any atom is -0.310 e. The van der Waals surface area contributed by atoms with Crippen molar-refractivity contribution < 1.29 is 0 Å². The Balaban J connectivity index is 3.73. The van der Waals surface area contributed by atoms with Gasteiger partial charge in [0.15, 0.2) is 0 Å². The van der Waals surface area contributed by atoms with E-state index in [0.29, 0.717) is 23.7 Å². The lowest BCUT2D eigenvalue weighted by atomic mass is 10.2. The molecule has 0 spiro atoms. The zero-order valence-corrected chi connectivity index (χ0v) is 11.6. The van der Waals surface area contributed by atoms with Crippen LogP contribution in [-0.4, -0.2) is 36.6 Å². The van der Waals surface area contributed by atoms with Crippen LogP contribution in [0.5, 0.6) is 0 Å². The Hall–Kier alpha value is 0.240. The van der Waals surface area contributed by atoms with Crippen molar-refractivity contribution in [1.82, 2.24) is 10.2 Å². The van der Waals surface area contributed by atoms with Gasteiger partial charge in [-0.15, -0.1) is 0 Å². The van der Waals surface area contributed by atoms with Crippen molar-refractivity contribution in [2.45, 2.75) is 39.8 Å². The van der Waals surface area contributed by atoms with Gasteiger partial charge in [0.05, 0.1) is 0 Å². The quantitative estimate of drug-likeness (QED) is 0.701. The van der Waals surface area contributed by atoms with Gasteiger partial charge in [-0.05, 0) is 27.7 Å². The highest BCUT2D eigenvalue weighted by Gasteiger charge is 2.11. The van der Waals surface area contributed by atoms with Crippen LogP contribution in [0.4, 0.5) is 0 Å². The summed E-state index contributed by atoms with van der Waals surface area (Å²) in [5.74, 6) is 0. The fourth-order valence-electron chi connectivity index (χ4n) is 1.57. The summed E-state index contributed by atoms with van der Waals surface area (Å²) in [6.07, 6.45) is 0. The van der Waals surface area contributed by atoms with Gasteiger partial charge in [0, 0.05) is 42.3 Å². The number of nitrogens with one attached hydrogen (secondary N) is 1. The minimum absolute atomic E-state index is 0.575. The average molecular weight is 253 g/mol. The molecule has 0 heterocycles. The largest absolute Gasteiger partial charge is 0.310 e. The number of nitrogens with zero attached hydrogens (tertiary/aromatic N) is 1. The monoisotopic (exact) mass is 252 g/mol. The van der Waals surface area contributed by atoms with E-state index in [-0.39, 0.29) is 0 Å². The van der Waals surface area contributed by atoms with Crippen LogP contribution in [0.2, 0.25) is 0 Å². The summed E-state index contributed by atoms with van der Waals surface area (Å²) in [5.41, 5.74) is 1.40. The second-order valence-corrected chi connectivity index (χ2v) is 4.86. The SMILES string of the molecule is CC(C)N(CCNCC(Cl)=CCl)C(C)C. The second-order valence-electron chi connectivity index (χ2n) is 4.16. The predicted molar refractivity (Wildman–Crippen MR) is 69.6 cm³/mol. The summed E-state index contributed by atoms with van der Waals surface area (Å²) in [6, 6.07) is 1.15. The molecule has 0 aromatic rings. The van der Waals surface area contributed by atoms with Gasteiger partial charge in [-0.25, -0.2) is 0 Å². The molecule has 0 aromatic carbocycles. The highest BCUT2D eigenvalue weighted by molar-refractivity contribution is 6.36. The zero-order valence-electron chi connectivity index (χ0n) is 10.1. The Kier molecular flexibility index (Phi) is 8.53. The summed E-state index contributed by atoms with van der Waals surface area (Å²) in [7, 11) is 0. The third kappa shape index (κ3) is 7.18. The van der Waals surface area contributed by atoms with Crippen molar-refractivity contribution in [1.29, 1.82) is 0 Å². The van der Waals surface area contributed by atoms with Gasteiger partial charge >= 0.3 is 0 Å². The topological polar surface area (TPSA) is 15.3 Å². The first-order valence-electron chi connectivity index (χ1n) is 5.40. The van der Waals surface area contributed by atoms with Crippen molar-refractivity contribution in [3.8, 4) is 0 Å². The molecule has 0 aliphatic rings. The molecule has 0 amide bonds. The zero-order chi connectivity index (χ0) is 11.8. The minimum atomic E-state index is 0.575. The highest BCUT2D eigenvalue weighted by Crippen LogP contribution is 2.04. The summed E-state index contributed by atoms with van der Waals surface area (Å²) in [6.45, 7) is 11.5. The lowest BCUT2D eigenvalue weighted by molar-refractivity contribution is 0.176. The number of hydrogen-bond donors (Lipinski definition) is 1. The Morgan fingerprint density at radius 1 is 1.27 bits per heavy atom. The van der Waals surface area contributed by atoms with Gasteiger partial charge < -0.3 is 5.32 Å². The molecule has 0 fully saturated rings. The van der Waals surface area contributed by atoms with Crippen LogP contribution < -0.4 is 5.32 Å². The molecule has 1 N–H and O–H groups in total. The van der Waals surface area contributed by atoms with Crippen molar-refractivity contribution in [3.63, 3.8) is 0 Å². The Labute approximate surface area is 104 Å². The van der Waals surface area contributed by atoms with Crippen LogP contribution >= 0.6 is 23.2 Å². The molecule has 15 heavy (non-hydrogen) atoms. The van der Waals surface area contributed by atoms with E-state index < -0.39 is 0 Å². The number of rotatable bonds is 7. The van der Waals surface area contributed by atoms with Gasteiger partial charge in [0.1, 0.15) is 0 Å². The first kappa shape index (κ1) is 15.2. The molecule has 0 aliphatic carbocycles. The molecule has 0 saturated heterocycles. The predicted octanol–water partition coefficient (Wildman–Crippen LogP) is 3.01. The second kappa shape index (κ2) is 8.40. The molecule has 0 aromatic heterocycles. The lowest BCUT2D eigenvalue weighted by Crippen LogP contribution is -2.41. The fraction of sp³-hybridized carbons (Fsp3) is 0.818. The van der Waals surface area contributed by atoms with Crippen LogP contribution in [0, 0.1) is 0 Å². The Bertz CT molecular complexity index is 183. The normalized spacial score (nSPS) is 13.3. The third-order valence-electron chi connectivity index (χ3n) is 2.29. The van der Waals surface area contributed by atoms with E-state index in [2.05, 4.69) is 37.9 Å². The molecular weight excluding hydrogens is 231 g/mol. The molecule has 0 aliphatic heterocycles. The molecule has 4 heteroatoms. The first-order chi connectivity index (χ1) is 6.99. The molecule has 0 rings (SSSR count). The van der Waals surface area contributed by atoms with E-state index >= 15 is 0 Å². The molecule has 0 radical (unpaired) electrons. The molecule has 0 atom stereocenters. The van der Waals surface area contributed by atoms with E-state index in [4.69, 9.17) is 23.2 Å². The Morgan fingerprint density at radius 2 is 1.80 bits per heavy atom. The molecule has 0 unspecified atom stereocenters. The van der Waals surface area contributed by atoms with Gasteiger partial charge in [-0.1, -0.05) is 23.2 Å². The Morgan fingerprint density at radius 3 is 2.20 bits per heavy atom. The van der Waals surface area contributed by atoms with Gasteiger partial charge in [-0.2, -0.15) is 0 Å². The summed E-state index contributed by atoms with van der Waals surface area (Å²) < 4.78 is 0. The molecular formula is C11H22Cl2N2. The molecule has 90 valence electrons. The molecule has 0 saturated carbocycles. The van der Waals surface area contributed by atoms with Crippen LogP contribution in [0.3, 0.4) is 0 Å². The molecule has 0 bridgehead atoms. The van der Waals surface area contributed by atoms with Crippen LogP contribution in [0.25, 0.3) is 0 Å². The van der Waals surface area contributed by atoms with Gasteiger partial charge in [0.2, 0.25) is 0 Å². The van der Waals surface area contributed by atoms with Crippen molar-refractivity contribution in [2.24, 2.45) is 0 Å². The fourth-order valence-corrected chi connectivity index (χ4v) is 1.74. The van der Waals surface area contributed by atoms with Crippen molar-refractivity contribution in [3.05, 3.63) is 10.6 Å². The van der Waals surface area contributed by atoms with Gasteiger partial charge in [-0.3, -0.25) is 4.90 Å². The maximum absolute atomic E-state index is 5.76. The van der Waals surface area contributed by atoms with Crippen molar-refractivity contribution >= 4 is 23.2 Å². The van der Waals surface area contributed by atoms with E-state index in [1.165, 1.54) is 5.54 Å². The smallest absolute Gasteiger partial charge is 0.0431 e. The third-order valence-corrected chi connectivity index (χ3v) is 2.90. The maximum atomic E-state index is 5.76. The molecule has 2 nitrogen and oxygen atoms in total. The lowest BCUT2D eigenvalue weighted by Gasteiger charge is -2.30. The van der Waals surface area contributed by atoms with Gasteiger partial charge in [0.25, 0.3) is 0 Å². The van der Waals surface area contributed by atoms with E-state index in [9.17, 15) is 0 Å². The van der Waals surface area contributed by atoms with Crippen LogP contribution in [0.1, 0.15) is 27.7 Å². The number of halogens is 2. The standard InChI is InChI=1S/C11H22Cl2N2/c1-9(2)15(10(3)4)6-5-14-8-11(13)7-12/h7,9-10,14H,5-6,8H2,1-4H3. The summed E-state index contributed by atoms with van der Waals surface area (Å²) in [4.78, 5) is 2.44. The van der Waals surface area contributed by atoms with Crippen molar-refractivity contribution in [2.75, 3.05) is 19.6 Å². The first-order valence-corrected chi connectivity index (χ1v) is 6.21. The number of hydrogen-bond acceptors (Lipinski definition) is 2. The maximum Gasteiger partial charge on any atom is 0.0431 e. The highest BCUT2D eigenvalue weighted by atomic mass is 35.5. The summed E-state index contributed by atoms with van der Waals surface area (Å²) in [5, 5.41) is 3.90. The average Bonchev–Trinajstić information content (AvgIpc) is 2.15. The van der Waals surface area contributed by atoms with Crippen LogP contribution in [-0.2, 0) is 0 Å².